The molecule has 1 aromatic carbocycles. The molecule has 0 saturated carbocycles. The number of hydrogen-bond donors (Lipinski definition) is 2. The first-order valence-electron chi connectivity index (χ1n) is 6.02. The molecule has 1 atom stereocenters. The van der Waals surface area contributed by atoms with E-state index in [1.54, 1.807) is 26.8 Å². The van der Waals surface area contributed by atoms with Gasteiger partial charge >= 0.3 is 5.97 Å². The van der Waals surface area contributed by atoms with Crippen LogP contribution in [0.1, 0.15) is 27.2 Å². The first-order valence-corrected chi connectivity index (χ1v) is 7.88. The van der Waals surface area contributed by atoms with E-state index in [0.29, 0.717) is 5.02 Å². The lowest BCUT2D eigenvalue weighted by molar-refractivity contribution is -0.138. The first-order chi connectivity index (χ1) is 9.02. The number of carboxylic acid groups (broad SMARTS) is 1. The van der Waals surface area contributed by atoms with Gasteiger partial charge in [-0.1, -0.05) is 38.4 Å². The highest BCUT2D eigenvalue weighted by atomic mass is 35.5. The van der Waals surface area contributed by atoms with Crippen LogP contribution in [0.3, 0.4) is 0 Å². The Kier molecular flexibility index (Phi) is 5.18. The molecule has 0 saturated heterocycles. The number of halogens is 1. The Balaban J connectivity index is 3.06. The van der Waals surface area contributed by atoms with Crippen molar-refractivity contribution in [1.82, 2.24) is 4.72 Å². The Bertz CT molecular complexity index is 593. The molecule has 0 aliphatic heterocycles. The van der Waals surface area contributed by atoms with Gasteiger partial charge in [-0.05, 0) is 23.6 Å². The minimum Gasteiger partial charge on any atom is -0.481 e. The second-order valence-electron chi connectivity index (χ2n) is 5.60. The molecule has 0 aromatic heterocycles. The third-order valence-electron chi connectivity index (χ3n) is 2.83. The minimum absolute atomic E-state index is 0.0182. The van der Waals surface area contributed by atoms with Crippen LogP contribution in [0, 0.1) is 5.41 Å². The predicted octanol–water partition coefficient (Wildman–Crippen LogP) is 2.51. The van der Waals surface area contributed by atoms with E-state index < -0.39 is 27.4 Å². The maximum Gasteiger partial charge on any atom is 0.304 e. The molecule has 5 nitrogen and oxygen atoms in total. The molecule has 1 unspecified atom stereocenters. The van der Waals surface area contributed by atoms with Crippen LogP contribution in [0.5, 0.6) is 0 Å². The standard InChI is InChI=1S/C13H18ClNO4S/c1-13(2,3)11(8-12(16)17)15-20(18,19)10-6-4-5-9(14)7-10/h4-7,11,15H,8H2,1-3H3,(H,16,17). The van der Waals surface area contributed by atoms with Gasteiger partial charge in [0.2, 0.25) is 10.0 Å². The topological polar surface area (TPSA) is 83.5 Å². The van der Waals surface area contributed by atoms with Crippen LogP contribution in [0.4, 0.5) is 0 Å². The van der Waals surface area contributed by atoms with Gasteiger partial charge in [-0.15, -0.1) is 0 Å². The van der Waals surface area contributed by atoms with Gasteiger partial charge in [-0.25, -0.2) is 13.1 Å². The Morgan fingerprint density at radius 1 is 1.40 bits per heavy atom. The molecular weight excluding hydrogens is 302 g/mol. The van der Waals surface area contributed by atoms with Gasteiger partial charge in [0.05, 0.1) is 11.3 Å². The zero-order chi connectivity index (χ0) is 15.6. The Morgan fingerprint density at radius 2 is 2.00 bits per heavy atom. The van der Waals surface area contributed by atoms with Crippen LogP contribution in [0.2, 0.25) is 5.02 Å². The predicted molar refractivity (Wildman–Crippen MR) is 77.3 cm³/mol. The van der Waals surface area contributed by atoms with E-state index in [0.717, 1.165) is 0 Å². The first kappa shape index (κ1) is 16.9. The van der Waals surface area contributed by atoms with Crippen LogP contribution in [-0.4, -0.2) is 25.5 Å². The van der Waals surface area contributed by atoms with Crippen molar-refractivity contribution in [3.8, 4) is 0 Å². The lowest BCUT2D eigenvalue weighted by Crippen LogP contribution is -2.44. The van der Waals surface area contributed by atoms with Crippen molar-refractivity contribution in [2.45, 2.75) is 38.1 Å². The summed E-state index contributed by atoms with van der Waals surface area (Å²) in [5, 5.41) is 9.21. The SMILES string of the molecule is CC(C)(C)C(CC(=O)O)NS(=O)(=O)c1cccc(Cl)c1. The highest BCUT2D eigenvalue weighted by Crippen LogP contribution is 2.24. The second-order valence-corrected chi connectivity index (χ2v) is 7.75. The molecule has 0 spiro atoms. The van der Waals surface area contributed by atoms with Crippen LogP contribution in [0.25, 0.3) is 0 Å². The number of carboxylic acids is 1. The van der Waals surface area contributed by atoms with Gasteiger partial charge in [-0.3, -0.25) is 4.79 Å². The lowest BCUT2D eigenvalue weighted by atomic mass is 9.85. The number of aliphatic carboxylic acids is 1. The smallest absolute Gasteiger partial charge is 0.304 e. The molecule has 0 aliphatic rings. The van der Waals surface area contributed by atoms with Gasteiger partial charge in [-0.2, -0.15) is 0 Å². The molecule has 0 amide bonds. The summed E-state index contributed by atoms with van der Waals surface area (Å²) in [7, 11) is -3.81. The molecule has 0 radical (unpaired) electrons. The van der Waals surface area contributed by atoms with Gasteiger partial charge in [0.15, 0.2) is 0 Å². The molecule has 0 aliphatic carbocycles. The Hall–Kier alpha value is -1.11. The van der Waals surface area contributed by atoms with E-state index in [4.69, 9.17) is 16.7 Å². The lowest BCUT2D eigenvalue weighted by Gasteiger charge is -2.30. The normalized spacial score (nSPS) is 14.0. The average molecular weight is 320 g/mol. The number of sulfonamides is 1. The summed E-state index contributed by atoms with van der Waals surface area (Å²) < 4.78 is 27.0. The van der Waals surface area contributed by atoms with E-state index in [-0.39, 0.29) is 11.3 Å². The van der Waals surface area contributed by atoms with Crippen molar-refractivity contribution in [3.05, 3.63) is 29.3 Å². The fourth-order valence-corrected chi connectivity index (χ4v) is 3.33. The third kappa shape index (κ3) is 4.77. The number of hydrogen-bond acceptors (Lipinski definition) is 3. The molecule has 1 aromatic rings. The summed E-state index contributed by atoms with van der Waals surface area (Å²) in [5.41, 5.74) is -0.524. The van der Waals surface area contributed by atoms with Crippen molar-refractivity contribution in [2.75, 3.05) is 0 Å². The molecule has 20 heavy (non-hydrogen) atoms. The molecule has 1 rings (SSSR count). The Labute approximate surface area is 124 Å². The largest absolute Gasteiger partial charge is 0.481 e. The number of nitrogens with one attached hydrogen (secondary N) is 1. The second kappa shape index (κ2) is 6.11. The zero-order valence-corrected chi connectivity index (χ0v) is 13.1. The quantitative estimate of drug-likeness (QED) is 0.873. The van der Waals surface area contributed by atoms with E-state index in [1.165, 1.54) is 18.2 Å². The number of rotatable bonds is 5. The maximum absolute atomic E-state index is 12.3. The van der Waals surface area contributed by atoms with Gasteiger partial charge in [0.1, 0.15) is 0 Å². The maximum atomic E-state index is 12.3. The molecular formula is C13H18ClNO4S. The van der Waals surface area contributed by atoms with Gasteiger partial charge in [0, 0.05) is 11.1 Å². The molecule has 7 heteroatoms. The highest BCUT2D eigenvalue weighted by molar-refractivity contribution is 7.89. The summed E-state index contributed by atoms with van der Waals surface area (Å²) in [4.78, 5) is 10.9. The average Bonchev–Trinajstić information content (AvgIpc) is 2.26. The molecule has 0 fully saturated rings. The van der Waals surface area contributed by atoms with E-state index in [9.17, 15) is 13.2 Å². The minimum atomic E-state index is -3.81. The summed E-state index contributed by atoms with van der Waals surface area (Å²) in [5.74, 6) is -1.06. The molecule has 2 N–H and O–H groups in total. The van der Waals surface area contributed by atoms with Crippen molar-refractivity contribution >= 4 is 27.6 Å². The highest BCUT2D eigenvalue weighted by Gasteiger charge is 2.31. The van der Waals surface area contributed by atoms with Crippen LogP contribution >= 0.6 is 11.6 Å². The van der Waals surface area contributed by atoms with Crippen LogP contribution in [-0.2, 0) is 14.8 Å². The van der Waals surface area contributed by atoms with E-state index >= 15 is 0 Å². The van der Waals surface area contributed by atoms with Crippen molar-refractivity contribution in [1.29, 1.82) is 0 Å². The van der Waals surface area contributed by atoms with Crippen molar-refractivity contribution in [2.24, 2.45) is 5.41 Å². The molecule has 0 bridgehead atoms. The summed E-state index contributed by atoms with van der Waals surface area (Å²) >= 11 is 5.78. The monoisotopic (exact) mass is 319 g/mol. The summed E-state index contributed by atoms with van der Waals surface area (Å²) in [6, 6.07) is 5.11. The third-order valence-corrected chi connectivity index (χ3v) is 4.53. The van der Waals surface area contributed by atoms with Crippen molar-refractivity contribution in [3.63, 3.8) is 0 Å². The Morgan fingerprint density at radius 3 is 2.45 bits per heavy atom. The van der Waals surface area contributed by atoms with Crippen LogP contribution < -0.4 is 4.72 Å². The zero-order valence-electron chi connectivity index (χ0n) is 11.6. The summed E-state index contributed by atoms with van der Waals surface area (Å²) in [6.07, 6.45) is -0.288. The van der Waals surface area contributed by atoms with Crippen molar-refractivity contribution < 1.29 is 18.3 Å². The number of carbonyl (C=O) groups is 1. The molecule has 0 heterocycles. The fraction of sp³-hybridized carbons (Fsp3) is 0.462. The van der Waals surface area contributed by atoms with E-state index in [1.807, 2.05) is 0 Å². The van der Waals surface area contributed by atoms with E-state index in [2.05, 4.69) is 4.72 Å². The van der Waals surface area contributed by atoms with Crippen LogP contribution in [0.15, 0.2) is 29.2 Å². The van der Waals surface area contributed by atoms with Gasteiger partial charge in [0.25, 0.3) is 0 Å². The summed E-state index contributed by atoms with van der Waals surface area (Å²) in [6.45, 7) is 5.34. The fourth-order valence-electron chi connectivity index (χ4n) is 1.59. The van der Waals surface area contributed by atoms with Gasteiger partial charge < -0.3 is 5.11 Å². The number of benzene rings is 1. The molecule has 112 valence electrons.